The lowest BCUT2D eigenvalue weighted by atomic mass is 10.2. The van der Waals surface area contributed by atoms with Crippen LogP contribution < -0.4 is 5.48 Å². The predicted octanol–water partition coefficient (Wildman–Crippen LogP) is 1.02. The van der Waals surface area contributed by atoms with E-state index in [9.17, 15) is 4.79 Å². The Morgan fingerprint density at radius 1 is 1.64 bits per heavy atom. The van der Waals surface area contributed by atoms with Crippen LogP contribution >= 0.6 is 0 Å². The Labute approximate surface area is 63.8 Å². The third-order valence-electron chi connectivity index (χ3n) is 1.59. The van der Waals surface area contributed by atoms with Crippen LogP contribution in [0, 0.1) is 13.8 Å². The van der Waals surface area contributed by atoms with Crippen LogP contribution in [0.5, 0.6) is 0 Å². The molecule has 0 aliphatic heterocycles. The van der Waals surface area contributed by atoms with E-state index in [-0.39, 0.29) is 5.76 Å². The summed E-state index contributed by atoms with van der Waals surface area (Å²) >= 11 is 0. The highest BCUT2D eigenvalue weighted by Gasteiger charge is 2.13. The molecule has 0 saturated heterocycles. The van der Waals surface area contributed by atoms with Crippen LogP contribution in [-0.4, -0.2) is 11.1 Å². The molecule has 0 bridgehead atoms. The highest BCUT2D eigenvalue weighted by atomic mass is 16.5. The van der Waals surface area contributed by atoms with Crippen molar-refractivity contribution in [3.05, 3.63) is 23.2 Å². The third kappa shape index (κ3) is 1.25. The van der Waals surface area contributed by atoms with Gasteiger partial charge in [-0.2, -0.15) is 0 Å². The second-order valence-electron chi connectivity index (χ2n) is 2.31. The van der Waals surface area contributed by atoms with Gasteiger partial charge in [-0.3, -0.25) is 10.0 Å². The summed E-state index contributed by atoms with van der Waals surface area (Å²) in [4.78, 5) is 10.8. The molecule has 0 aliphatic rings. The molecular formula is C7H9NO3. The number of hydrogen-bond acceptors (Lipinski definition) is 3. The van der Waals surface area contributed by atoms with Crippen molar-refractivity contribution in [2.75, 3.05) is 0 Å². The van der Waals surface area contributed by atoms with Crippen molar-refractivity contribution < 1.29 is 14.4 Å². The van der Waals surface area contributed by atoms with Gasteiger partial charge in [-0.1, -0.05) is 0 Å². The summed E-state index contributed by atoms with van der Waals surface area (Å²) in [6, 6.07) is 0. The maximum absolute atomic E-state index is 10.8. The molecular weight excluding hydrogens is 146 g/mol. The molecule has 0 fully saturated rings. The molecule has 2 N–H and O–H groups in total. The van der Waals surface area contributed by atoms with Gasteiger partial charge in [0.1, 0.15) is 0 Å². The van der Waals surface area contributed by atoms with E-state index in [1.165, 1.54) is 11.7 Å². The largest absolute Gasteiger partial charge is 0.459 e. The summed E-state index contributed by atoms with van der Waals surface area (Å²) in [7, 11) is 0. The lowest BCUT2D eigenvalue weighted by Gasteiger charge is -1.93. The summed E-state index contributed by atoms with van der Waals surface area (Å²) in [6.07, 6.45) is 1.47. The zero-order valence-electron chi connectivity index (χ0n) is 6.34. The van der Waals surface area contributed by atoms with Crippen LogP contribution in [0.3, 0.4) is 0 Å². The summed E-state index contributed by atoms with van der Waals surface area (Å²) in [5, 5.41) is 8.26. The number of hydroxylamine groups is 1. The normalized spacial score (nSPS) is 9.73. The Kier molecular flexibility index (Phi) is 1.96. The van der Waals surface area contributed by atoms with E-state index in [1.807, 2.05) is 6.92 Å². The van der Waals surface area contributed by atoms with Crippen molar-refractivity contribution >= 4 is 5.91 Å². The van der Waals surface area contributed by atoms with Gasteiger partial charge in [0.25, 0.3) is 0 Å². The van der Waals surface area contributed by atoms with E-state index in [1.54, 1.807) is 6.92 Å². The Bertz CT molecular complexity index is 277. The van der Waals surface area contributed by atoms with Crippen LogP contribution in [0.1, 0.15) is 21.7 Å². The Balaban J connectivity index is 3.04. The molecule has 1 amide bonds. The monoisotopic (exact) mass is 155 g/mol. The molecule has 4 heteroatoms. The second-order valence-corrected chi connectivity index (χ2v) is 2.31. The zero-order valence-corrected chi connectivity index (χ0v) is 6.34. The number of hydrogen-bond donors (Lipinski definition) is 2. The standard InChI is InChI=1S/C7H9NO3/c1-4-3-11-6(5(4)2)7(9)8-10/h3,10H,1-2H3,(H,8,9). The lowest BCUT2D eigenvalue weighted by Crippen LogP contribution is -2.18. The first-order chi connectivity index (χ1) is 5.16. The van der Waals surface area contributed by atoms with Crippen molar-refractivity contribution in [3.63, 3.8) is 0 Å². The van der Waals surface area contributed by atoms with Crippen LogP contribution in [0.15, 0.2) is 10.7 Å². The Morgan fingerprint density at radius 3 is 2.64 bits per heavy atom. The summed E-state index contributed by atoms with van der Waals surface area (Å²) in [5.41, 5.74) is 3.14. The fraction of sp³-hybridized carbons (Fsp3) is 0.286. The van der Waals surface area contributed by atoms with Crippen LogP contribution in [0.4, 0.5) is 0 Å². The van der Waals surface area contributed by atoms with E-state index in [0.29, 0.717) is 0 Å². The lowest BCUT2D eigenvalue weighted by molar-refractivity contribution is 0.0675. The number of furan rings is 1. The first-order valence-electron chi connectivity index (χ1n) is 3.16. The van der Waals surface area contributed by atoms with E-state index in [4.69, 9.17) is 9.62 Å². The molecule has 1 heterocycles. The molecule has 0 radical (unpaired) electrons. The minimum Gasteiger partial charge on any atom is -0.459 e. The van der Waals surface area contributed by atoms with Gasteiger partial charge >= 0.3 is 5.91 Å². The number of aryl methyl sites for hydroxylation is 1. The third-order valence-corrected chi connectivity index (χ3v) is 1.59. The van der Waals surface area contributed by atoms with Crippen molar-refractivity contribution in [2.45, 2.75) is 13.8 Å². The quantitative estimate of drug-likeness (QED) is 0.470. The number of nitrogens with one attached hydrogen (secondary N) is 1. The molecule has 0 spiro atoms. The minimum absolute atomic E-state index is 0.157. The van der Waals surface area contributed by atoms with E-state index in [2.05, 4.69) is 0 Å². The maximum Gasteiger partial charge on any atom is 0.310 e. The van der Waals surface area contributed by atoms with Gasteiger partial charge in [-0.05, 0) is 19.4 Å². The zero-order chi connectivity index (χ0) is 8.43. The highest BCUT2D eigenvalue weighted by molar-refractivity contribution is 5.92. The Morgan fingerprint density at radius 2 is 2.27 bits per heavy atom. The number of amides is 1. The number of carbonyl (C=O) groups excluding carboxylic acids is 1. The summed E-state index contributed by atoms with van der Waals surface area (Å²) < 4.78 is 4.88. The average molecular weight is 155 g/mol. The maximum atomic E-state index is 10.8. The predicted molar refractivity (Wildman–Crippen MR) is 37.4 cm³/mol. The van der Waals surface area contributed by atoms with Crippen molar-refractivity contribution in [3.8, 4) is 0 Å². The van der Waals surface area contributed by atoms with Gasteiger partial charge < -0.3 is 4.42 Å². The smallest absolute Gasteiger partial charge is 0.310 e. The van der Waals surface area contributed by atoms with E-state index in [0.717, 1.165) is 11.1 Å². The SMILES string of the molecule is Cc1coc(C(=O)NO)c1C. The van der Waals surface area contributed by atoms with Crippen molar-refractivity contribution in [2.24, 2.45) is 0 Å². The van der Waals surface area contributed by atoms with E-state index >= 15 is 0 Å². The second kappa shape index (κ2) is 2.75. The van der Waals surface area contributed by atoms with Crippen molar-refractivity contribution in [1.29, 1.82) is 0 Å². The van der Waals surface area contributed by atoms with Crippen LogP contribution in [-0.2, 0) is 0 Å². The fourth-order valence-electron chi connectivity index (χ4n) is 0.778. The van der Waals surface area contributed by atoms with Crippen LogP contribution in [0.2, 0.25) is 0 Å². The first kappa shape index (κ1) is 7.81. The van der Waals surface area contributed by atoms with Gasteiger partial charge in [0.15, 0.2) is 5.76 Å². The molecule has 1 rings (SSSR count). The molecule has 60 valence electrons. The van der Waals surface area contributed by atoms with Gasteiger partial charge in [0, 0.05) is 5.56 Å². The topological polar surface area (TPSA) is 62.5 Å². The summed E-state index contributed by atoms with van der Waals surface area (Å²) in [5.74, 6) is -0.458. The molecule has 0 aromatic carbocycles. The van der Waals surface area contributed by atoms with Gasteiger partial charge in [-0.15, -0.1) is 0 Å². The molecule has 0 atom stereocenters. The molecule has 0 saturated carbocycles. The van der Waals surface area contributed by atoms with Gasteiger partial charge in [-0.25, -0.2) is 5.48 Å². The minimum atomic E-state index is -0.615. The van der Waals surface area contributed by atoms with Gasteiger partial charge in [0.2, 0.25) is 0 Å². The van der Waals surface area contributed by atoms with Gasteiger partial charge in [0.05, 0.1) is 6.26 Å². The van der Waals surface area contributed by atoms with Crippen LogP contribution in [0.25, 0.3) is 0 Å². The molecule has 0 unspecified atom stereocenters. The number of rotatable bonds is 1. The molecule has 1 aromatic rings. The highest BCUT2D eigenvalue weighted by Crippen LogP contribution is 2.14. The first-order valence-corrected chi connectivity index (χ1v) is 3.16. The van der Waals surface area contributed by atoms with E-state index < -0.39 is 5.91 Å². The average Bonchev–Trinajstić information content (AvgIpc) is 2.32. The molecule has 11 heavy (non-hydrogen) atoms. The summed E-state index contributed by atoms with van der Waals surface area (Å²) in [6.45, 7) is 3.58. The number of carbonyl (C=O) groups is 1. The Hall–Kier alpha value is -1.29. The molecule has 1 aromatic heterocycles. The van der Waals surface area contributed by atoms with Crippen molar-refractivity contribution in [1.82, 2.24) is 5.48 Å². The molecule has 0 aliphatic carbocycles. The fourth-order valence-corrected chi connectivity index (χ4v) is 0.778. The molecule has 4 nitrogen and oxygen atoms in total.